The number of hydrogen-bond donors (Lipinski definition) is 1. The molecule has 0 unspecified atom stereocenters. The van der Waals surface area contributed by atoms with Gasteiger partial charge in [0.1, 0.15) is 11.4 Å². The van der Waals surface area contributed by atoms with Gasteiger partial charge in [-0.2, -0.15) is 0 Å². The van der Waals surface area contributed by atoms with Crippen LogP contribution in [0.4, 0.5) is 5.69 Å². The third-order valence-corrected chi connectivity index (χ3v) is 16.1. The number of fused-ring (bicyclic) bond motifs is 5. The zero-order chi connectivity index (χ0) is 39.2. The summed E-state index contributed by atoms with van der Waals surface area (Å²) in [7, 11) is -3.97. The summed E-state index contributed by atoms with van der Waals surface area (Å²) in [5, 5.41) is -0.0373. The molecule has 2 saturated heterocycles. The largest absolute Gasteiger partial charge is 0.490 e. The standard InChI is InChI=1S/C44H61ClN4O6S/c1-30(2)25-55-44(28-47-17-18-48-19-20-53-26-37(48)24-47)16-5-7-31(3)32(4)56(51,52)46-42(50)34-10-14-41-40(22-34)49(23-35-9-12-39(35)44)27-43(29-54-41)15-6-8-33-21-36(45)11-13-38(33)43/h5,10-11,13-14,16,21-22,30-32,35,37,39H,6-9,12,15,17-20,23-29H2,1-4H3,(H,46,50)/b16-5+/t31-,32+,35-,37-,39+,43-,44-/m0/s1. The number of nitrogens with zero attached hydrogens (tertiary/aromatic N) is 3. The molecular formula is C44H61ClN4O6S. The molecule has 4 heterocycles. The van der Waals surface area contributed by atoms with Gasteiger partial charge in [-0.15, -0.1) is 0 Å². The molecule has 12 heteroatoms. The lowest BCUT2D eigenvalue weighted by Gasteiger charge is -2.53. The highest BCUT2D eigenvalue weighted by atomic mass is 35.5. The van der Waals surface area contributed by atoms with Crippen molar-refractivity contribution in [2.45, 2.75) is 88.5 Å². The summed E-state index contributed by atoms with van der Waals surface area (Å²) in [5.41, 5.74) is 2.87. The monoisotopic (exact) mass is 808 g/mol. The third kappa shape index (κ3) is 8.02. The molecule has 306 valence electrons. The van der Waals surface area contributed by atoms with E-state index < -0.39 is 26.8 Å². The number of amides is 1. The van der Waals surface area contributed by atoms with E-state index in [0.29, 0.717) is 43.1 Å². The Morgan fingerprint density at radius 3 is 2.73 bits per heavy atom. The van der Waals surface area contributed by atoms with Crippen LogP contribution in [0.1, 0.15) is 81.3 Å². The van der Waals surface area contributed by atoms with Gasteiger partial charge in [-0.3, -0.25) is 14.6 Å². The molecule has 2 bridgehead atoms. The fraction of sp³-hybridized carbons (Fsp3) is 0.659. The molecule has 2 aromatic rings. The zero-order valence-corrected chi connectivity index (χ0v) is 35.3. The van der Waals surface area contributed by atoms with E-state index in [2.05, 4.69) is 57.6 Å². The van der Waals surface area contributed by atoms with Gasteiger partial charge in [0.25, 0.3) is 5.91 Å². The van der Waals surface area contributed by atoms with Gasteiger partial charge in [0.05, 0.1) is 37.4 Å². The molecule has 1 amide bonds. The topological polar surface area (TPSA) is 101 Å². The van der Waals surface area contributed by atoms with E-state index >= 15 is 0 Å². The Balaban J connectivity index is 1.21. The number of aryl methyl sites for hydroxylation is 1. The molecule has 0 aromatic heterocycles. The summed E-state index contributed by atoms with van der Waals surface area (Å²) < 4.78 is 49.9. The SMILES string of the molecule is CC(C)CO[C@]1(CN2CCN3CCOC[C@@H]3C2)/C=C/C[C@H](C)[C@@H](C)S(=O)(=O)NC(=O)c2ccc3c(c2)N(C[C@@H]2CC[C@H]21)C[C@@]1(CCCc2cc(Cl)ccc21)CO3. The van der Waals surface area contributed by atoms with Crippen LogP contribution in [0.15, 0.2) is 48.6 Å². The summed E-state index contributed by atoms with van der Waals surface area (Å²) in [4.78, 5) is 21.4. The van der Waals surface area contributed by atoms with Gasteiger partial charge < -0.3 is 19.1 Å². The summed E-state index contributed by atoms with van der Waals surface area (Å²) in [6.45, 7) is 17.0. The normalized spacial score (nSPS) is 34.3. The number of piperazine rings is 1. The predicted octanol–water partition coefficient (Wildman–Crippen LogP) is 6.31. The third-order valence-electron chi connectivity index (χ3n) is 13.9. The maximum atomic E-state index is 13.7. The molecule has 6 aliphatic rings. The zero-order valence-electron chi connectivity index (χ0n) is 33.7. The molecule has 10 nitrogen and oxygen atoms in total. The molecule has 4 aliphatic heterocycles. The van der Waals surface area contributed by atoms with E-state index in [0.717, 1.165) is 108 Å². The molecule has 2 aliphatic carbocycles. The average molecular weight is 810 g/mol. The fourth-order valence-electron chi connectivity index (χ4n) is 10.4. The number of morpholine rings is 1. The molecule has 56 heavy (non-hydrogen) atoms. The molecule has 8 rings (SSSR count). The van der Waals surface area contributed by atoms with Crippen molar-refractivity contribution in [1.29, 1.82) is 0 Å². The van der Waals surface area contributed by atoms with Crippen LogP contribution >= 0.6 is 11.6 Å². The van der Waals surface area contributed by atoms with E-state index in [9.17, 15) is 13.2 Å². The van der Waals surface area contributed by atoms with Crippen LogP contribution in [-0.4, -0.2) is 113 Å². The maximum absolute atomic E-state index is 13.7. The Bertz CT molecular complexity index is 1910. The van der Waals surface area contributed by atoms with Gasteiger partial charge in [0.15, 0.2) is 0 Å². The lowest BCUT2D eigenvalue weighted by molar-refractivity contribution is -0.130. The number of anilines is 1. The number of carbonyl (C=O) groups is 1. The number of halogens is 1. The fourth-order valence-corrected chi connectivity index (χ4v) is 11.8. The maximum Gasteiger partial charge on any atom is 0.264 e. The van der Waals surface area contributed by atoms with Crippen molar-refractivity contribution in [1.82, 2.24) is 14.5 Å². The Labute approximate surface area is 339 Å². The Hall–Kier alpha value is -2.67. The average Bonchev–Trinajstić information content (AvgIpc) is 3.31. The first-order valence-corrected chi connectivity index (χ1v) is 23.0. The summed E-state index contributed by atoms with van der Waals surface area (Å²) >= 11 is 6.54. The molecule has 1 N–H and O–H groups in total. The van der Waals surface area contributed by atoms with Gasteiger partial charge >= 0.3 is 0 Å². The van der Waals surface area contributed by atoms with Crippen molar-refractivity contribution in [3.8, 4) is 5.75 Å². The minimum absolute atomic E-state index is 0.229. The van der Waals surface area contributed by atoms with Crippen molar-refractivity contribution in [2.24, 2.45) is 23.7 Å². The highest BCUT2D eigenvalue weighted by Gasteiger charge is 2.51. The van der Waals surface area contributed by atoms with Gasteiger partial charge in [-0.05, 0) is 111 Å². The number of carbonyl (C=O) groups excluding carboxylic acids is 1. The second-order valence-electron chi connectivity index (χ2n) is 18.2. The smallest absolute Gasteiger partial charge is 0.264 e. The number of rotatable bonds is 5. The van der Waals surface area contributed by atoms with Crippen LogP contribution < -0.4 is 14.4 Å². The number of benzene rings is 2. The first-order chi connectivity index (χ1) is 26.8. The highest BCUT2D eigenvalue weighted by molar-refractivity contribution is 7.90. The van der Waals surface area contributed by atoms with Crippen molar-refractivity contribution < 1.29 is 27.4 Å². The second kappa shape index (κ2) is 16.2. The number of hydrogen-bond acceptors (Lipinski definition) is 9. The Morgan fingerprint density at radius 1 is 1.07 bits per heavy atom. The van der Waals surface area contributed by atoms with E-state index in [-0.39, 0.29) is 17.3 Å². The van der Waals surface area contributed by atoms with Crippen LogP contribution in [0, 0.1) is 23.7 Å². The number of allylic oxidation sites excluding steroid dienone is 1. The molecular weight excluding hydrogens is 748 g/mol. The van der Waals surface area contributed by atoms with Crippen LogP contribution in [0.5, 0.6) is 5.75 Å². The van der Waals surface area contributed by atoms with Crippen LogP contribution in [0.3, 0.4) is 0 Å². The number of sulfonamides is 1. The van der Waals surface area contributed by atoms with Crippen LogP contribution in [0.2, 0.25) is 5.02 Å². The number of ether oxygens (including phenoxy) is 3. The van der Waals surface area contributed by atoms with Gasteiger partial charge in [-0.25, -0.2) is 13.1 Å². The number of nitrogens with one attached hydrogen (secondary N) is 1. The summed E-state index contributed by atoms with van der Waals surface area (Å²) in [6.07, 6.45) is 10.2. The molecule has 7 atom stereocenters. The van der Waals surface area contributed by atoms with Gasteiger partial charge in [0, 0.05) is 67.9 Å². The quantitative estimate of drug-likeness (QED) is 0.349. The molecule has 0 radical (unpaired) electrons. The first kappa shape index (κ1) is 40.1. The van der Waals surface area contributed by atoms with E-state index in [1.54, 1.807) is 13.0 Å². The van der Waals surface area contributed by atoms with Gasteiger partial charge in [0.2, 0.25) is 10.0 Å². The molecule has 1 spiro atoms. The highest BCUT2D eigenvalue weighted by Crippen LogP contribution is 2.49. The molecule has 1 saturated carbocycles. The second-order valence-corrected chi connectivity index (χ2v) is 20.7. The van der Waals surface area contributed by atoms with Crippen LogP contribution in [0.25, 0.3) is 0 Å². The summed E-state index contributed by atoms with van der Waals surface area (Å²) in [6, 6.07) is 12.1. The Kier molecular flexibility index (Phi) is 11.6. The lowest BCUT2D eigenvalue weighted by Crippen LogP contribution is -2.63. The van der Waals surface area contributed by atoms with E-state index in [1.165, 1.54) is 11.1 Å². The van der Waals surface area contributed by atoms with E-state index in [4.69, 9.17) is 25.8 Å². The van der Waals surface area contributed by atoms with E-state index in [1.807, 2.05) is 25.1 Å². The molecule has 3 fully saturated rings. The van der Waals surface area contributed by atoms with Crippen LogP contribution in [-0.2, 0) is 31.3 Å². The van der Waals surface area contributed by atoms with Gasteiger partial charge in [-0.1, -0.05) is 50.6 Å². The lowest BCUT2D eigenvalue weighted by atomic mass is 9.63. The molecule has 2 aromatic carbocycles. The van der Waals surface area contributed by atoms with Crippen molar-refractivity contribution in [3.63, 3.8) is 0 Å². The Morgan fingerprint density at radius 2 is 1.93 bits per heavy atom. The predicted molar refractivity (Wildman–Crippen MR) is 221 cm³/mol. The van der Waals surface area contributed by atoms with Crippen molar-refractivity contribution in [3.05, 3.63) is 70.3 Å². The van der Waals surface area contributed by atoms with Crippen molar-refractivity contribution >= 4 is 33.2 Å². The minimum Gasteiger partial charge on any atom is -0.490 e. The van der Waals surface area contributed by atoms with Crippen molar-refractivity contribution in [2.75, 3.05) is 77.1 Å². The summed E-state index contributed by atoms with van der Waals surface area (Å²) in [5.74, 6) is 0.795. The first-order valence-electron chi connectivity index (χ1n) is 21.1. The minimum atomic E-state index is -3.97.